The van der Waals surface area contributed by atoms with Crippen LogP contribution in [0.4, 0.5) is 0 Å². The fraction of sp³-hybridized carbons (Fsp3) is 0.182. The first-order valence-corrected chi connectivity index (χ1v) is 5.63. The van der Waals surface area contributed by atoms with Crippen LogP contribution in [0.2, 0.25) is 0 Å². The molecule has 16 heavy (non-hydrogen) atoms. The van der Waals surface area contributed by atoms with Gasteiger partial charge in [0, 0.05) is 19.4 Å². The van der Waals surface area contributed by atoms with Crippen LogP contribution in [0.25, 0.3) is 0 Å². The molecule has 0 N–H and O–H groups in total. The number of hydrogen-bond donors (Lipinski definition) is 0. The Morgan fingerprint density at radius 2 is 2.25 bits per heavy atom. The number of carbonyl (C=O) groups excluding carboxylic acids is 2. The highest BCUT2D eigenvalue weighted by Gasteiger charge is 2.17. The highest BCUT2D eigenvalue weighted by molar-refractivity contribution is 7.12. The fourth-order valence-corrected chi connectivity index (χ4v) is 2.05. The Balaban J connectivity index is 2.09. The molecule has 0 fully saturated rings. The molecule has 2 aromatic heterocycles. The summed E-state index contributed by atoms with van der Waals surface area (Å²) in [6, 6.07) is 3.52. The maximum absolute atomic E-state index is 11.7. The molecule has 2 aromatic rings. The smallest absolute Gasteiger partial charge is 0.206 e. The highest BCUT2D eigenvalue weighted by Crippen LogP contribution is 2.12. The van der Waals surface area contributed by atoms with E-state index in [1.807, 2.05) is 5.38 Å². The van der Waals surface area contributed by atoms with Gasteiger partial charge in [0.15, 0.2) is 11.6 Å². The van der Waals surface area contributed by atoms with Crippen LogP contribution in [-0.2, 0) is 7.05 Å². The van der Waals surface area contributed by atoms with Gasteiger partial charge in [0.1, 0.15) is 0 Å². The van der Waals surface area contributed by atoms with Gasteiger partial charge in [-0.05, 0) is 11.4 Å². The van der Waals surface area contributed by atoms with Crippen molar-refractivity contribution in [3.05, 3.63) is 40.6 Å². The summed E-state index contributed by atoms with van der Waals surface area (Å²) in [5.41, 5.74) is 0. The Morgan fingerprint density at radius 1 is 1.44 bits per heavy atom. The number of hydrogen-bond acceptors (Lipinski definition) is 4. The van der Waals surface area contributed by atoms with Gasteiger partial charge in [-0.1, -0.05) is 6.07 Å². The van der Waals surface area contributed by atoms with Crippen LogP contribution in [0.15, 0.2) is 29.9 Å². The second-order valence-electron chi connectivity index (χ2n) is 3.36. The number of ketones is 2. The first-order chi connectivity index (χ1) is 7.68. The molecule has 0 aromatic carbocycles. The Hall–Kier alpha value is -1.75. The van der Waals surface area contributed by atoms with Crippen LogP contribution >= 0.6 is 11.3 Å². The van der Waals surface area contributed by atoms with Crippen molar-refractivity contribution in [1.82, 2.24) is 9.55 Å². The van der Waals surface area contributed by atoms with E-state index in [1.165, 1.54) is 11.3 Å². The van der Waals surface area contributed by atoms with Crippen molar-refractivity contribution in [3.8, 4) is 0 Å². The third-order valence-corrected chi connectivity index (χ3v) is 3.10. The topological polar surface area (TPSA) is 52.0 Å². The Morgan fingerprint density at radius 3 is 2.81 bits per heavy atom. The second-order valence-corrected chi connectivity index (χ2v) is 4.31. The predicted octanol–water partition coefficient (Wildman–Crippen LogP) is 1.94. The van der Waals surface area contributed by atoms with Crippen LogP contribution in [0, 0.1) is 0 Å². The molecule has 0 aliphatic heterocycles. The van der Waals surface area contributed by atoms with Gasteiger partial charge in [0.25, 0.3) is 0 Å². The lowest BCUT2D eigenvalue weighted by Crippen LogP contribution is -2.12. The fourth-order valence-electron chi connectivity index (χ4n) is 1.38. The van der Waals surface area contributed by atoms with Gasteiger partial charge < -0.3 is 4.57 Å². The van der Waals surface area contributed by atoms with E-state index in [0.29, 0.717) is 10.7 Å². The maximum Gasteiger partial charge on any atom is 0.206 e. The third kappa shape index (κ3) is 2.09. The Kier molecular flexibility index (Phi) is 2.96. The number of aromatic nitrogens is 2. The Bertz CT molecular complexity index is 514. The molecule has 0 spiro atoms. The third-order valence-electron chi connectivity index (χ3n) is 2.19. The largest absolute Gasteiger partial charge is 0.332 e. The van der Waals surface area contributed by atoms with E-state index in [0.717, 1.165) is 0 Å². The molecular weight excluding hydrogens is 224 g/mol. The van der Waals surface area contributed by atoms with Crippen molar-refractivity contribution in [2.75, 3.05) is 0 Å². The first kappa shape index (κ1) is 10.8. The average molecular weight is 234 g/mol. The van der Waals surface area contributed by atoms with Crippen molar-refractivity contribution < 1.29 is 9.59 Å². The number of thiophene rings is 1. The molecule has 0 aliphatic carbocycles. The lowest BCUT2D eigenvalue weighted by molar-refractivity contribution is 0.0889. The number of imidazole rings is 1. The summed E-state index contributed by atoms with van der Waals surface area (Å²) < 4.78 is 1.62. The summed E-state index contributed by atoms with van der Waals surface area (Å²) in [4.78, 5) is 27.9. The maximum atomic E-state index is 11.7. The quantitative estimate of drug-likeness (QED) is 0.600. The van der Waals surface area contributed by atoms with Gasteiger partial charge in [-0.15, -0.1) is 11.3 Å². The zero-order valence-electron chi connectivity index (χ0n) is 8.71. The van der Waals surface area contributed by atoms with Crippen molar-refractivity contribution in [3.63, 3.8) is 0 Å². The van der Waals surface area contributed by atoms with Crippen LogP contribution < -0.4 is 0 Å². The summed E-state index contributed by atoms with van der Waals surface area (Å²) in [7, 11) is 1.73. The summed E-state index contributed by atoms with van der Waals surface area (Å²) in [5, 5.41) is 1.82. The molecule has 0 unspecified atom stereocenters. The number of aryl methyl sites for hydroxylation is 1. The SMILES string of the molecule is Cn1ccnc1C(=O)CC(=O)c1cccs1. The molecule has 0 amide bonds. The van der Waals surface area contributed by atoms with E-state index in [1.54, 1.807) is 36.1 Å². The minimum Gasteiger partial charge on any atom is -0.332 e. The summed E-state index contributed by atoms with van der Waals surface area (Å²) in [6.07, 6.45) is 3.11. The first-order valence-electron chi connectivity index (χ1n) is 4.75. The van der Waals surface area contributed by atoms with E-state index < -0.39 is 0 Å². The molecular formula is C11H10N2O2S. The number of nitrogens with zero attached hydrogens (tertiary/aromatic N) is 2. The molecule has 5 heteroatoms. The molecule has 2 heterocycles. The van der Waals surface area contributed by atoms with E-state index >= 15 is 0 Å². The van der Waals surface area contributed by atoms with Crippen LogP contribution in [0.1, 0.15) is 26.7 Å². The standard InChI is InChI=1S/C11H10N2O2S/c1-13-5-4-12-11(13)9(15)7-8(14)10-3-2-6-16-10/h2-6H,7H2,1H3. The van der Waals surface area contributed by atoms with E-state index in [2.05, 4.69) is 4.98 Å². The lowest BCUT2D eigenvalue weighted by Gasteiger charge is -1.99. The average Bonchev–Trinajstić information content (AvgIpc) is 2.86. The van der Waals surface area contributed by atoms with Crippen LogP contribution in [0.3, 0.4) is 0 Å². The minimum absolute atomic E-state index is 0.120. The normalized spacial score (nSPS) is 10.3. The zero-order valence-corrected chi connectivity index (χ0v) is 9.53. The van der Waals surface area contributed by atoms with Crippen LogP contribution in [-0.4, -0.2) is 21.1 Å². The molecule has 0 bridgehead atoms. The van der Waals surface area contributed by atoms with E-state index in [9.17, 15) is 9.59 Å². The van der Waals surface area contributed by atoms with E-state index in [4.69, 9.17) is 0 Å². The van der Waals surface area contributed by atoms with Gasteiger partial charge in [-0.3, -0.25) is 9.59 Å². The molecule has 0 atom stereocenters. The molecule has 0 saturated carbocycles. The Labute approximate surface area is 96.6 Å². The monoisotopic (exact) mass is 234 g/mol. The van der Waals surface area contributed by atoms with Gasteiger partial charge in [0.2, 0.25) is 5.78 Å². The van der Waals surface area contributed by atoms with Gasteiger partial charge in [-0.2, -0.15) is 0 Å². The molecule has 2 rings (SSSR count). The molecule has 0 aliphatic rings. The van der Waals surface area contributed by atoms with Crippen molar-refractivity contribution in [2.24, 2.45) is 7.05 Å². The molecule has 0 saturated heterocycles. The van der Waals surface area contributed by atoms with Crippen LogP contribution in [0.5, 0.6) is 0 Å². The molecule has 82 valence electrons. The number of carbonyl (C=O) groups is 2. The molecule has 4 nitrogen and oxygen atoms in total. The second kappa shape index (κ2) is 4.40. The number of Topliss-reactive ketones (excluding diaryl/α,β-unsaturated/α-hetero) is 2. The van der Waals surface area contributed by atoms with Gasteiger partial charge in [-0.25, -0.2) is 4.98 Å². The lowest BCUT2D eigenvalue weighted by atomic mass is 10.1. The van der Waals surface area contributed by atoms with E-state index in [-0.39, 0.29) is 18.0 Å². The minimum atomic E-state index is -0.245. The summed E-state index contributed by atoms with van der Waals surface area (Å²) >= 11 is 1.35. The predicted molar refractivity (Wildman–Crippen MR) is 60.8 cm³/mol. The zero-order chi connectivity index (χ0) is 11.5. The molecule has 0 radical (unpaired) electrons. The van der Waals surface area contributed by atoms with Gasteiger partial charge in [0.05, 0.1) is 11.3 Å². The van der Waals surface area contributed by atoms with Crippen molar-refractivity contribution in [1.29, 1.82) is 0 Å². The highest BCUT2D eigenvalue weighted by atomic mass is 32.1. The van der Waals surface area contributed by atoms with Crippen molar-refractivity contribution >= 4 is 22.9 Å². The number of rotatable bonds is 4. The summed E-state index contributed by atoms with van der Waals surface area (Å²) in [5.74, 6) is -0.0705. The summed E-state index contributed by atoms with van der Waals surface area (Å²) in [6.45, 7) is 0. The van der Waals surface area contributed by atoms with Gasteiger partial charge >= 0.3 is 0 Å². The van der Waals surface area contributed by atoms with Crippen molar-refractivity contribution in [2.45, 2.75) is 6.42 Å².